The van der Waals surface area contributed by atoms with Crippen LogP contribution in [0.25, 0.3) is 0 Å². The molecule has 0 amide bonds. The first kappa shape index (κ1) is 24.5. The fourth-order valence-corrected chi connectivity index (χ4v) is 11.1. The third-order valence-electron chi connectivity index (χ3n) is 11.6. The van der Waals surface area contributed by atoms with E-state index < -0.39 is 46.4 Å². The Morgan fingerprint density at radius 2 is 1.94 bits per heavy atom. The summed E-state index contributed by atoms with van der Waals surface area (Å²) in [7, 11) is 4.93. The summed E-state index contributed by atoms with van der Waals surface area (Å²) in [5, 5.41) is 37.2. The lowest BCUT2D eigenvalue weighted by molar-refractivity contribution is -0.324. The molecule has 9 nitrogen and oxygen atoms in total. The van der Waals surface area contributed by atoms with Crippen LogP contribution in [-0.4, -0.2) is 109 Å². The van der Waals surface area contributed by atoms with Crippen LogP contribution in [-0.2, 0) is 23.7 Å². The lowest BCUT2D eigenvalue weighted by Crippen LogP contribution is -2.82. The molecular weight excluding hydrogens is 454 g/mol. The number of esters is 1. The molecule has 1 aliphatic heterocycles. The third kappa shape index (κ3) is 2.43. The first-order chi connectivity index (χ1) is 16.6. The minimum Gasteiger partial charge on any atom is -0.462 e. The van der Waals surface area contributed by atoms with Crippen LogP contribution in [0.2, 0.25) is 0 Å². The van der Waals surface area contributed by atoms with E-state index in [1.807, 2.05) is 0 Å². The number of likely N-dealkylation sites (tertiary alicyclic amines) is 1. The number of carbonyl (C=O) groups excluding carboxylic acids is 1. The number of piperidine rings is 1. The Labute approximate surface area is 207 Å². The van der Waals surface area contributed by atoms with E-state index >= 15 is 0 Å². The molecule has 0 aromatic heterocycles. The summed E-state index contributed by atoms with van der Waals surface area (Å²) in [4.78, 5) is 14.6. The van der Waals surface area contributed by atoms with Crippen molar-refractivity contribution in [2.75, 3.05) is 41.0 Å². The van der Waals surface area contributed by atoms with Crippen LogP contribution >= 0.6 is 0 Å². The van der Waals surface area contributed by atoms with E-state index in [2.05, 4.69) is 11.8 Å². The number of ether oxygens (including phenoxy) is 4. The van der Waals surface area contributed by atoms with Crippen molar-refractivity contribution in [1.29, 1.82) is 0 Å². The van der Waals surface area contributed by atoms with Crippen molar-refractivity contribution in [3.05, 3.63) is 0 Å². The first-order valence-electron chi connectivity index (χ1n) is 13.2. The van der Waals surface area contributed by atoms with E-state index in [9.17, 15) is 20.1 Å². The minimum atomic E-state index is -1.67. The zero-order valence-electron chi connectivity index (χ0n) is 21.5. The van der Waals surface area contributed by atoms with Crippen LogP contribution in [0.3, 0.4) is 0 Å². The van der Waals surface area contributed by atoms with Crippen LogP contribution in [0.15, 0.2) is 0 Å². The normalized spacial score (nSPS) is 57.9. The SMILES string of the molecule is CCN1CC2(COC)CCC(O)C34C5CC6C(OC)CC(OC)(C5C6OC(C)=O)C(O)(C(O)C23)C14. The van der Waals surface area contributed by atoms with E-state index in [0.29, 0.717) is 39.0 Å². The van der Waals surface area contributed by atoms with Crippen molar-refractivity contribution >= 4 is 5.97 Å². The topological polar surface area (TPSA) is 118 Å². The number of hydrogen-bond acceptors (Lipinski definition) is 9. The number of carbonyl (C=O) groups is 1. The molecule has 13 unspecified atom stereocenters. The largest absolute Gasteiger partial charge is 0.462 e. The monoisotopic (exact) mass is 495 g/mol. The van der Waals surface area contributed by atoms with Gasteiger partial charge in [-0.05, 0) is 31.7 Å². The summed E-state index contributed by atoms with van der Waals surface area (Å²) in [5.74, 6) is -1.24. The van der Waals surface area contributed by atoms with Crippen LogP contribution in [0, 0.1) is 34.5 Å². The second-order valence-corrected chi connectivity index (χ2v) is 12.2. The van der Waals surface area contributed by atoms with Gasteiger partial charge in [-0.15, -0.1) is 0 Å². The van der Waals surface area contributed by atoms with Gasteiger partial charge in [0.1, 0.15) is 17.3 Å². The van der Waals surface area contributed by atoms with Crippen molar-refractivity contribution in [3.8, 4) is 0 Å². The van der Waals surface area contributed by atoms with Gasteiger partial charge in [-0.3, -0.25) is 9.69 Å². The smallest absolute Gasteiger partial charge is 0.302 e. The maximum Gasteiger partial charge on any atom is 0.302 e. The molecule has 0 aromatic rings. The summed E-state index contributed by atoms with van der Waals surface area (Å²) < 4.78 is 24.1. The van der Waals surface area contributed by atoms with Gasteiger partial charge in [0, 0.05) is 69.8 Å². The van der Waals surface area contributed by atoms with Crippen molar-refractivity contribution in [1.82, 2.24) is 4.90 Å². The summed E-state index contributed by atoms with van der Waals surface area (Å²) in [6.07, 6.45) is -0.207. The van der Waals surface area contributed by atoms with Crippen LogP contribution in [0.4, 0.5) is 0 Å². The standard InChI is InChI=1S/C26H41NO8/c1-6-27-11-23(12-32-3)8-7-17(29)25-15-9-14-16(33-4)10-24(34-5,18(15)19(14)35-13(2)28)26(31,22(25)27)21(30)20(23)25/h14-22,29-31H,6-12H2,1-5H3. The number of fused-ring (bicyclic) bond motifs is 2. The van der Waals surface area contributed by atoms with Crippen LogP contribution in [0.1, 0.15) is 39.5 Å². The quantitative estimate of drug-likeness (QED) is 0.444. The zero-order chi connectivity index (χ0) is 25.1. The Balaban J connectivity index is 1.65. The van der Waals surface area contributed by atoms with Crippen molar-refractivity contribution < 1.29 is 39.1 Å². The van der Waals surface area contributed by atoms with E-state index in [1.54, 1.807) is 21.3 Å². The second kappa shape index (κ2) is 7.62. The maximum absolute atomic E-state index is 13.0. The van der Waals surface area contributed by atoms with Gasteiger partial charge in [-0.25, -0.2) is 0 Å². The fraction of sp³-hybridized carbons (Fsp3) is 0.962. The number of methoxy groups -OCH3 is 3. The Morgan fingerprint density at radius 3 is 2.54 bits per heavy atom. The summed E-state index contributed by atoms with van der Waals surface area (Å²) in [5.41, 5.74) is -4.02. The van der Waals surface area contributed by atoms with Gasteiger partial charge in [0.2, 0.25) is 0 Å². The molecule has 6 aliphatic rings. The van der Waals surface area contributed by atoms with Crippen molar-refractivity contribution in [2.45, 2.75) is 81.2 Å². The van der Waals surface area contributed by atoms with Gasteiger partial charge >= 0.3 is 5.97 Å². The number of hydrogen-bond donors (Lipinski definition) is 3. The number of rotatable bonds is 6. The summed E-state index contributed by atoms with van der Waals surface area (Å²) in [6, 6.07) is -0.478. The Morgan fingerprint density at radius 1 is 1.20 bits per heavy atom. The molecule has 35 heavy (non-hydrogen) atoms. The second-order valence-electron chi connectivity index (χ2n) is 12.2. The molecule has 0 aromatic carbocycles. The van der Waals surface area contributed by atoms with Gasteiger partial charge in [0.05, 0.1) is 31.0 Å². The summed E-state index contributed by atoms with van der Waals surface area (Å²) in [6.45, 7) is 5.31. The molecule has 3 N–H and O–H groups in total. The third-order valence-corrected chi connectivity index (χ3v) is 11.6. The number of nitrogens with zero attached hydrogens (tertiary/aromatic N) is 1. The van der Waals surface area contributed by atoms with E-state index in [1.165, 1.54) is 6.92 Å². The van der Waals surface area contributed by atoms with E-state index in [-0.39, 0.29) is 35.7 Å². The van der Waals surface area contributed by atoms with Gasteiger partial charge in [-0.1, -0.05) is 6.92 Å². The summed E-state index contributed by atoms with van der Waals surface area (Å²) >= 11 is 0. The highest BCUT2D eigenvalue weighted by atomic mass is 16.6. The van der Waals surface area contributed by atoms with Gasteiger partial charge < -0.3 is 34.3 Å². The average Bonchev–Trinajstić information content (AvgIpc) is 3.19. The molecule has 0 radical (unpaired) electrons. The molecule has 6 rings (SSSR count). The van der Waals surface area contributed by atoms with Gasteiger partial charge in [-0.2, -0.15) is 0 Å². The van der Waals surface area contributed by atoms with E-state index in [0.717, 1.165) is 6.42 Å². The lowest BCUT2D eigenvalue weighted by Gasteiger charge is -2.70. The molecule has 13 atom stereocenters. The van der Waals surface area contributed by atoms with Gasteiger partial charge in [0.25, 0.3) is 0 Å². The Hall–Kier alpha value is -0.810. The molecular formula is C26H41NO8. The predicted molar refractivity (Wildman–Crippen MR) is 123 cm³/mol. The molecule has 5 aliphatic carbocycles. The first-order valence-corrected chi connectivity index (χ1v) is 13.2. The molecule has 5 saturated carbocycles. The zero-order valence-corrected chi connectivity index (χ0v) is 21.5. The number of likely N-dealkylation sites (N-methyl/N-ethyl adjacent to an activating group) is 1. The predicted octanol–water partition coefficient (Wildman–Crippen LogP) is 0.188. The van der Waals surface area contributed by atoms with E-state index in [4.69, 9.17) is 18.9 Å². The molecule has 1 spiro atoms. The minimum absolute atomic E-state index is 0.0570. The van der Waals surface area contributed by atoms with Crippen LogP contribution in [0.5, 0.6) is 0 Å². The average molecular weight is 496 g/mol. The molecule has 1 heterocycles. The molecule has 6 fully saturated rings. The highest BCUT2D eigenvalue weighted by Gasteiger charge is 2.91. The highest BCUT2D eigenvalue weighted by Crippen LogP contribution is 2.80. The molecule has 198 valence electrons. The Kier molecular flexibility index (Phi) is 5.34. The number of aliphatic hydroxyl groups excluding tert-OH is 2. The maximum atomic E-state index is 13.0. The molecule has 7 bridgehead atoms. The highest BCUT2D eigenvalue weighted by molar-refractivity contribution is 5.66. The molecule has 9 heteroatoms. The van der Waals surface area contributed by atoms with Gasteiger partial charge in [0.15, 0.2) is 0 Å². The van der Waals surface area contributed by atoms with Crippen molar-refractivity contribution in [2.24, 2.45) is 34.5 Å². The lowest BCUT2D eigenvalue weighted by atomic mass is 9.42. The number of aliphatic hydroxyl groups is 3. The van der Waals surface area contributed by atoms with Crippen LogP contribution < -0.4 is 0 Å². The fourth-order valence-electron chi connectivity index (χ4n) is 11.1. The van der Waals surface area contributed by atoms with Crippen molar-refractivity contribution in [3.63, 3.8) is 0 Å². The Bertz CT molecular complexity index is 903. The molecule has 1 saturated heterocycles.